The second kappa shape index (κ2) is 38.5. The average Bonchev–Trinajstić information content (AvgIpc) is 1.61. The van der Waals surface area contributed by atoms with E-state index in [0.717, 1.165) is 75.0 Å². The molecule has 0 saturated carbocycles. The summed E-state index contributed by atoms with van der Waals surface area (Å²) in [6, 6.07) is 33.8. The number of ether oxygens (including phenoxy) is 3. The van der Waals surface area contributed by atoms with E-state index >= 15 is 0 Å². The van der Waals surface area contributed by atoms with Crippen LogP contribution in [0, 0.1) is 20.8 Å². The summed E-state index contributed by atoms with van der Waals surface area (Å²) in [5, 5.41) is 15.8. The van der Waals surface area contributed by atoms with E-state index < -0.39 is 99.7 Å². The number of halogens is 10. The highest BCUT2D eigenvalue weighted by Crippen LogP contribution is 2.40. The zero-order valence-electron chi connectivity index (χ0n) is 66.1. The number of hydrogen-bond donors (Lipinski definition) is 7. The highest BCUT2D eigenvalue weighted by molar-refractivity contribution is 9.10. The summed E-state index contributed by atoms with van der Waals surface area (Å²) in [5.41, 5.74) is 7.39. The second-order valence-corrected chi connectivity index (χ2v) is 30.2. The number of nitrogens with zero attached hydrogens (tertiary/aromatic N) is 12. The minimum Gasteiger partial charge on any atom is -0.480 e. The third-order valence-electron chi connectivity index (χ3n) is 20.2. The summed E-state index contributed by atoms with van der Waals surface area (Å²) in [6.07, 6.45) is 3.68. The van der Waals surface area contributed by atoms with Gasteiger partial charge < -0.3 is 74.8 Å². The van der Waals surface area contributed by atoms with Crippen molar-refractivity contribution in [1.29, 1.82) is 0 Å². The van der Waals surface area contributed by atoms with Gasteiger partial charge in [0.15, 0.2) is 17.0 Å². The number of aromatic nitrogens is 8. The van der Waals surface area contributed by atoms with Crippen LogP contribution in [0.4, 0.5) is 56.6 Å². The Hall–Kier alpha value is -12.9. The van der Waals surface area contributed by atoms with Gasteiger partial charge in [-0.05, 0) is 150 Å². The highest BCUT2D eigenvalue weighted by Gasteiger charge is 2.52. The lowest BCUT2D eigenvalue weighted by Gasteiger charge is -2.38. The van der Waals surface area contributed by atoms with Gasteiger partial charge in [0.2, 0.25) is 17.7 Å². The zero-order chi connectivity index (χ0) is 88.0. The van der Waals surface area contributed by atoms with Gasteiger partial charge in [0.05, 0.1) is 67.5 Å². The number of anilines is 3. The van der Waals surface area contributed by atoms with Crippen LogP contribution in [0.15, 0.2) is 215 Å². The average molecular weight is 1770 g/mol. The smallest absolute Gasteiger partial charge is 0.416 e. The van der Waals surface area contributed by atoms with E-state index in [0.29, 0.717) is 75.0 Å². The molecule has 16 rings (SSSR count). The maximum Gasteiger partial charge on any atom is 0.416 e. The number of aryl methyl sites for hydroxylation is 3. The molecule has 10 aromatic rings. The number of rotatable bonds is 17. The van der Waals surface area contributed by atoms with Gasteiger partial charge in [0.1, 0.15) is 42.8 Å². The number of hydrogen-bond acceptors (Lipinski definition) is 18. The molecule has 644 valence electrons. The van der Waals surface area contributed by atoms with E-state index in [1.54, 1.807) is 86.1 Å². The molecule has 3 saturated heterocycles. The van der Waals surface area contributed by atoms with Crippen molar-refractivity contribution in [2.24, 2.45) is 20.7 Å². The molecule has 0 bridgehead atoms. The SMILES string of the molecule is Cc1cn(-c2ccc(C3=NC4(CCCOC4)N(CC(=O)Nc4cccc(C(F)(F)F)c4)C3=O)cc2)cn1.Cc1cnc[nH]1.Cc1cncn1-c1ccc(C2=NC3(CCCOC3)N(CC(=O)Nc3cccc(C(F)(F)F)c3)C2=O)cc1.NC(Cc1cnc[nH]1)C(=O)O.O=C(CN1C(=O)C(c2ccc(Br)cc2)=NC12CCCOC2)Nc1cccc(C(F)(F)F)c1. The molecular formula is C84H82BrF9N18O11. The first kappa shape index (κ1) is 89.4. The van der Waals surface area contributed by atoms with E-state index in [9.17, 15) is 73.1 Å². The van der Waals surface area contributed by atoms with Crippen LogP contribution in [-0.2, 0) is 72.7 Å². The van der Waals surface area contributed by atoms with Gasteiger partial charge in [-0.3, -0.25) is 33.6 Å². The highest BCUT2D eigenvalue weighted by atomic mass is 79.9. The monoisotopic (exact) mass is 1770 g/mol. The van der Waals surface area contributed by atoms with Crippen molar-refractivity contribution < 1.29 is 92.4 Å². The fourth-order valence-electron chi connectivity index (χ4n) is 14.1. The number of imidazole rings is 4. The van der Waals surface area contributed by atoms with Gasteiger partial charge in [-0.1, -0.05) is 70.5 Å². The maximum absolute atomic E-state index is 13.5. The van der Waals surface area contributed by atoms with Gasteiger partial charge in [-0.2, -0.15) is 39.5 Å². The number of carboxylic acid groups (broad SMARTS) is 1. The van der Waals surface area contributed by atoms with Crippen LogP contribution in [0.5, 0.6) is 0 Å². The van der Waals surface area contributed by atoms with E-state index in [1.165, 1.54) is 57.4 Å². The molecule has 10 heterocycles. The summed E-state index contributed by atoms with van der Waals surface area (Å²) in [7, 11) is 0. The maximum atomic E-state index is 13.5. The number of amides is 6. The number of benzene rings is 6. The first-order chi connectivity index (χ1) is 58.6. The van der Waals surface area contributed by atoms with Crippen molar-refractivity contribution >= 4 is 91.5 Å². The Bertz CT molecular complexity index is 5510. The topological polar surface area (TPSA) is 369 Å². The summed E-state index contributed by atoms with van der Waals surface area (Å²) in [6.45, 7) is 6.65. The summed E-state index contributed by atoms with van der Waals surface area (Å²) >= 11 is 3.35. The van der Waals surface area contributed by atoms with Crippen LogP contribution in [0.25, 0.3) is 11.4 Å². The molecule has 29 nitrogen and oxygen atoms in total. The van der Waals surface area contributed by atoms with Gasteiger partial charge in [-0.15, -0.1) is 0 Å². The Morgan fingerprint density at radius 3 is 1.22 bits per heavy atom. The van der Waals surface area contributed by atoms with Crippen molar-refractivity contribution in [1.82, 2.24) is 53.7 Å². The number of nitrogens with two attached hydrogens (primary N) is 1. The number of carboxylic acids is 1. The molecule has 8 N–H and O–H groups in total. The second-order valence-electron chi connectivity index (χ2n) is 29.2. The lowest BCUT2D eigenvalue weighted by atomic mass is 10.0. The molecule has 6 amide bonds. The molecular weight excluding hydrogens is 1690 g/mol. The number of alkyl halides is 9. The third-order valence-corrected chi connectivity index (χ3v) is 20.7. The molecule has 0 aliphatic carbocycles. The van der Waals surface area contributed by atoms with Crippen molar-refractivity contribution in [2.45, 2.75) is 107 Å². The number of nitrogens with one attached hydrogen (secondary N) is 5. The first-order valence-corrected chi connectivity index (χ1v) is 39.2. The van der Waals surface area contributed by atoms with Gasteiger partial charge >= 0.3 is 24.5 Å². The van der Waals surface area contributed by atoms with Crippen molar-refractivity contribution in [3.05, 3.63) is 256 Å². The minimum atomic E-state index is -4.54. The molecule has 6 aromatic carbocycles. The minimum absolute atomic E-state index is 0.000494. The third kappa shape index (κ3) is 22.3. The first-order valence-electron chi connectivity index (χ1n) is 38.4. The molecule has 4 aromatic heterocycles. The Labute approximate surface area is 705 Å². The van der Waals surface area contributed by atoms with Crippen LogP contribution in [0.2, 0.25) is 0 Å². The predicted molar refractivity (Wildman–Crippen MR) is 435 cm³/mol. The van der Waals surface area contributed by atoms with E-state index in [-0.39, 0.29) is 80.1 Å². The Morgan fingerprint density at radius 2 is 0.911 bits per heavy atom. The van der Waals surface area contributed by atoms with E-state index in [2.05, 4.69) is 66.8 Å². The zero-order valence-corrected chi connectivity index (χ0v) is 67.7. The molecule has 0 radical (unpaired) electrons. The Morgan fingerprint density at radius 1 is 0.520 bits per heavy atom. The van der Waals surface area contributed by atoms with E-state index in [4.69, 9.17) is 35.0 Å². The van der Waals surface area contributed by atoms with Gasteiger partial charge in [0.25, 0.3) is 17.7 Å². The number of carbonyl (C=O) groups is 7. The molecule has 3 spiro atoms. The summed E-state index contributed by atoms with van der Waals surface area (Å²) in [4.78, 5) is 129. The number of H-pyrrole nitrogens is 2. The summed E-state index contributed by atoms with van der Waals surface area (Å²) in [5.74, 6) is -4.15. The molecule has 6 aliphatic rings. The van der Waals surface area contributed by atoms with Crippen molar-refractivity contribution in [3.8, 4) is 11.4 Å². The molecule has 4 unspecified atom stereocenters. The fourth-order valence-corrected chi connectivity index (χ4v) is 14.4. The fraction of sp³-hybridized carbons (Fsp3) is 0.310. The quantitative estimate of drug-likeness (QED) is 0.0416. The van der Waals surface area contributed by atoms with Crippen molar-refractivity contribution in [2.75, 3.05) is 75.2 Å². The molecule has 4 atom stereocenters. The standard InChI is InChI=1S/2C26H24F3N5O3.C22H19BrF3N3O3.C6H9N3O2.C4H6N2/c1-17-13-33(16-30-17)21-8-6-18(7-9-21)23-24(36)34(25(32-23)10-3-11-37-15-25)14-22(35)31-20-5-2-4-19(12-20)26(27,28)29;1-17-13-30-16-33(17)21-8-6-18(7-9-21)23-24(36)34(25(32-23)10-3-11-37-15-25)14-22(35)31-20-5-2-4-19(12-20)26(27,28)29;23-16-7-5-14(6-8-16)19-20(31)29(21(28-19)9-2-10-32-13-21)12-18(30)27-17-4-1-3-15(11-17)22(24,25)26;7-5(6(10)11)1-4-2-8-3-9-4;1-4-2-5-3-6-4/h2*2,4-9,12-13,16H,3,10-11,14-15H2,1H3,(H,31,35);1,3-8,11H,2,9-10,12-13H2,(H,27,30);2-3,5H,1,7H2,(H,8,9)(H,10,11);2-3H,1H3,(H,5,6). The van der Waals surface area contributed by atoms with Crippen LogP contribution in [0.3, 0.4) is 0 Å². The van der Waals surface area contributed by atoms with Gasteiger partial charge in [-0.25, -0.2) is 34.9 Å². The van der Waals surface area contributed by atoms with Crippen LogP contribution in [0.1, 0.15) is 94.7 Å². The Kier molecular flexibility index (Phi) is 28.0. The van der Waals surface area contributed by atoms with Crippen LogP contribution >= 0.6 is 15.9 Å². The molecule has 6 aliphatic heterocycles. The Balaban J connectivity index is 0.000000153. The molecule has 3 fully saturated rings. The van der Waals surface area contributed by atoms with Crippen molar-refractivity contribution in [3.63, 3.8) is 0 Å². The summed E-state index contributed by atoms with van der Waals surface area (Å²) < 4.78 is 139. The predicted octanol–water partition coefficient (Wildman–Crippen LogP) is 12.3. The van der Waals surface area contributed by atoms with E-state index in [1.807, 2.05) is 60.4 Å². The number of carbonyl (C=O) groups excluding carboxylic acids is 6. The lowest BCUT2D eigenvalue weighted by Crippen LogP contribution is -2.54. The number of aliphatic carboxylic acids is 1. The normalized spacial score (nSPS) is 19.0. The molecule has 123 heavy (non-hydrogen) atoms. The van der Waals surface area contributed by atoms with Crippen LogP contribution in [-0.4, -0.2) is 200 Å². The van der Waals surface area contributed by atoms with Gasteiger partial charge in [0, 0.05) is 118 Å². The number of aromatic amines is 2. The number of aliphatic imine (C=N–C) groups is 3. The van der Waals surface area contributed by atoms with Crippen LogP contribution < -0.4 is 21.7 Å². The molecule has 39 heteroatoms. The largest absolute Gasteiger partial charge is 0.480 e. The lowest BCUT2D eigenvalue weighted by molar-refractivity contribution is -0.139.